The molecule has 5 nitrogen and oxygen atoms in total. The van der Waals surface area contributed by atoms with Crippen LogP contribution in [0.25, 0.3) is 0 Å². The van der Waals surface area contributed by atoms with Crippen molar-refractivity contribution < 1.29 is 9.66 Å². The maximum atomic E-state index is 10.6. The minimum absolute atomic E-state index is 0.0727. The summed E-state index contributed by atoms with van der Waals surface area (Å²) in [5.74, 6) is 0.765. The molecule has 0 aliphatic heterocycles. The van der Waals surface area contributed by atoms with Gasteiger partial charge in [0.15, 0.2) is 0 Å². The Bertz CT molecular complexity index is 629. The van der Waals surface area contributed by atoms with Crippen molar-refractivity contribution in [3.8, 4) is 5.75 Å². The van der Waals surface area contributed by atoms with E-state index >= 15 is 0 Å². The van der Waals surface area contributed by atoms with Crippen LogP contribution in [-0.4, -0.2) is 11.5 Å². The first-order valence-corrected chi connectivity index (χ1v) is 7.24. The van der Waals surface area contributed by atoms with Crippen LogP contribution >= 0.6 is 15.9 Å². The summed E-state index contributed by atoms with van der Waals surface area (Å²) >= 11 is 3.47. The van der Waals surface area contributed by atoms with Crippen molar-refractivity contribution in [1.29, 1.82) is 0 Å². The van der Waals surface area contributed by atoms with Gasteiger partial charge in [-0.2, -0.15) is 0 Å². The van der Waals surface area contributed by atoms with Gasteiger partial charge < -0.3 is 10.5 Å². The molecular weight excluding hydrogens is 336 g/mol. The molecule has 0 amide bonds. The Morgan fingerprint density at radius 2 is 1.90 bits per heavy atom. The molecule has 2 N–H and O–H groups in total. The highest BCUT2D eigenvalue weighted by Gasteiger charge is 2.09. The van der Waals surface area contributed by atoms with Gasteiger partial charge in [0.05, 0.1) is 9.40 Å². The largest absolute Gasteiger partial charge is 0.487 e. The average Bonchev–Trinajstić information content (AvgIpc) is 2.47. The number of nitro groups is 1. The summed E-state index contributed by atoms with van der Waals surface area (Å²) in [6.07, 6.45) is 0.731. The van der Waals surface area contributed by atoms with Crippen LogP contribution in [0.5, 0.6) is 5.75 Å². The van der Waals surface area contributed by atoms with Gasteiger partial charge in [-0.1, -0.05) is 12.1 Å². The zero-order valence-corrected chi connectivity index (χ0v) is 12.9. The maximum absolute atomic E-state index is 10.6. The van der Waals surface area contributed by atoms with E-state index in [1.54, 1.807) is 12.1 Å². The zero-order chi connectivity index (χ0) is 15.2. The third-order valence-corrected chi connectivity index (χ3v) is 3.62. The summed E-state index contributed by atoms with van der Waals surface area (Å²) in [4.78, 5) is 10.2. The minimum atomic E-state index is -0.419. The van der Waals surface area contributed by atoms with Gasteiger partial charge in [0.2, 0.25) is 0 Å². The van der Waals surface area contributed by atoms with Crippen molar-refractivity contribution >= 4 is 21.6 Å². The second-order valence-corrected chi connectivity index (χ2v) is 5.33. The number of non-ortho nitro benzene ring substituents is 1. The molecule has 110 valence electrons. The first-order valence-electron chi connectivity index (χ1n) is 6.45. The first kappa shape index (κ1) is 15.5. The third-order valence-electron chi connectivity index (χ3n) is 2.99. The van der Waals surface area contributed by atoms with Gasteiger partial charge in [0.25, 0.3) is 5.69 Å². The normalized spacial score (nSPS) is 10.4. The highest BCUT2D eigenvalue weighted by Crippen LogP contribution is 2.30. The molecule has 2 rings (SSSR count). The van der Waals surface area contributed by atoms with E-state index in [1.165, 1.54) is 12.1 Å². The Hall–Kier alpha value is -1.92. The van der Waals surface area contributed by atoms with Crippen molar-refractivity contribution in [2.24, 2.45) is 5.73 Å². The van der Waals surface area contributed by atoms with Crippen LogP contribution in [0.15, 0.2) is 46.9 Å². The van der Waals surface area contributed by atoms with Crippen molar-refractivity contribution in [2.75, 3.05) is 6.54 Å². The van der Waals surface area contributed by atoms with Crippen LogP contribution in [0.4, 0.5) is 5.69 Å². The molecule has 0 bridgehead atoms. The highest BCUT2D eigenvalue weighted by atomic mass is 79.9. The Labute approximate surface area is 131 Å². The molecule has 0 spiro atoms. The lowest BCUT2D eigenvalue weighted by Gasteiger charge is -2.13. The molecule has 0 atom stereocenters. The standard InChI is InChI=1S/C15H15BrN2O3/c16-14-3-1-2-12(8-9-17)15(14)21-10-11-4-6-13(7-5-11)18(19)20/h1-7H,8-10,17H2. The third kappa shape index (κ3) is 4.03. The van der Waals surface area contributed by atoms with E-state index in [2.05, 4.69) is 15.9 Å². The molecular formula is C15H15BrN2O3. The summed E-state index contributed by atoms with van der Waals surface area (Å²) in [6.45, 7) is 0.891. The monoisotopic (exact) mass is 350 g/mol. The Balaban J connectivity index is 2.10. The number of para-hydroxylation sites is 1. The molecule has 0 saturated heterocycles. The molecule has 0 fully saturated rings. The van der Waals surface area contributed by atoms with Gasteiger partial charge >= 0.3 is 0 Å². The van der Waals surface area contributed by atoms with E-state index in [1.807, 2.05) is 18.2 Å². The molecule has 0 heterocycles. The molecule has 0 aromatic heterocycles. The van der Waals surface area contributed by atoms with Gasteiger partial charge in [-0.3, -0.25) is 10.1 Å². The van der Waals surface area contributed by atoms with E-state index in [4.69, 9.17) is 10.5 Å². The van der Waals surface area contributed by atoms with Crippen LogP contribution in [0.3, 0.4) is 0 Å². The first-order chi connectivity index (χ1) is 10.1. The van der Waals surface area contributed by atoms with Gasteiger partial charge in [-0.15, -0.1) is 0 Å². The topological polar surface area (TPSA) is 78.4 Å². The molecule has 0 unspecified atom stereocenters. The van der Waals surface area contributed by atoms with Crippen LogP contribution in [-0.2, 0) is 13.0 Å². The second kappa shape index (κ2) is 7.19. The van der Waals surface area contributed by atoms with Crippen LogP contribution < -0.4 is 10.5 Å². The van der Waals surface area contributed by atoms with E-state index in [9.17, 15) is 10.1 Å². The van der Waals surface area contributed by atoms with Gasteiger partial charge in [0, 0.05) is 12.1 Å². The lowest BCUT2D eigenvalue weighted by atomic mass is 10.1. The summed E-state index contributed by atoms with van der Waals surface area (Å²) in [5, 5.41) is 10.6. The number of nitro benzene ring substituents is 1. The summed E-state index contributed by atoms with van der Waals surface area (Å²) in [5.41, 5.74) is 7.58. The predicted octanol–water partition coefficient (Wildman–Crippen LogP) is 3.44. The minimum Gasteiger partial charge on any atom is -0.487 e. The Morgan fingerprint density at radius 1 is 1.19 bits per heavy atom. The number of rotatable bonds is 6. The molecule has 0 aliphatic carbocycles. The summed E-state index contributed by atoms with van der Waals surface area (Å²) in [7, 11) is 0. The maximum Gasteiger partial charge on any atom is 0.269 e. The molecule has 2 aromatic carbocycles. The van der Waals surface area contributed by atoms with Gasteiger partial charge in [-0.05, 0) is 58.2 Å². The smallest absolute Gasteiger partial charge is 0.269 e. The van der Waals surface area contributed by atoms with Crippen molar-refractivity contribution in [2.45, 2.75) is 13.0 Å². The lowest BCUT2D eigenvalue weighted by molar-refractivity contribution is -0.384. The lowest BCUT2D eigenvalue weighted by Crippen LogP contribution is -2.06. The fourth-order valence-corrected chi connectivity index (χ4v) is 2.46. The molecule has 2 aromatic rings. The average molecular weight is 351 g/mol. The molecule has 0 aliphatic rings. The summed E-state index contributed by atoms with van der Waals surface area (Å²) < 4.78 is 6.71. The fraction of sp³-hybridized carbons (Fsp3) is 0.200. The highest BCUT2D eigenvalue weighted by molar-refractivity contribution is 9.10. The van der Waals surface area contributed by atoms with Gasteiger partial charge in [-0.25, -0.2) is 0 Å². The molecule has 0 radical (unpaired) electrons. The number of ether oxygens (including phenoxy) is 1. The SMILES string of the molecule is NCCc1cccc(Br)c1OCc1ccc([N+](=O)[O-])cc1. The number of nitrogens with zero attached hydrogens (tertiary/aromatic N) is 1. The zero-order valence-electron chi connectivity index (χ0n) is 11.3. The molecule has 0 saturated carbocycles. The Morgan fingerprint density at radius 3 is 2.52 bits per heavy atom. The van der Waals surface area contributed by atoms with E-state index in [0.717, 1.165) is 27.8 Å². The molecule has 6 heteroatoms. The quantitative estimate of drug-likeness (QED) is 0.639. The predicted molar refractivity (Wildman–Crippen MR) is 84.3 cm³/mol. The number of hydrogen-bond donors (Lipinski definition) is 1. The summed E-state index contributed by atoms with van der Waals surface area (Å²) in [6, 6.07) is 12.1. The van der Waals surface area contributed by atoms with Crippen molar-refractivity contribution in [3.05, 3.63) is 68.2 Å². The number of hydrogen-bond acceptors (Lipinski definition) is 4. The van der Waals surface area contributed by atoms with Crippen LogP contribution in [0, 0.1) is 10.1 Å². The number of nitrogens with two attached hydrogens (primary N) is 1. The number of halogens is 1. The van der Waals surface area contributed by atoms with E-state index < -0.39 is 4.92 Å². The second-order valence-electron chi connectivity index (χ2n) is 4.48. The van der Waals surface area contributed by atoms with Gasteiger partial charge in [0.1, 0.15) is 12.4 Å². The van der Waals surface area contributed by atoms with Crippen molar-refractivity contribution in [3.63, 3.8) is 0 Å². The molecule has 21 heavy (non-hydrogen) atoms. The van der Waals surface area contributed by atoms with Crippen LogP contribution in [0.2, 0.25) is 0 Å². The van der Waals surface area contributed by atoms with E-state index in [0.29, 0.717) is 13.2 Å². The Kier molecular flexibility index (Phi) is 5.30. The fourth-order valence-electron chi connectivity index (χ4n) is 1.94. The van der Waals surface area contributed by atoms with Crippen LogP contribution in [0.1, 0.15) is 11.1 Å². The number of benzene rings is 2. The van der Waals surface area contributed by atoms with E-state index in [-0.39, 0.29) is 5.69 Å². The van der Waals surface area contributed by atoms with Crippen molar-refractivity contribution in [1.82, 2.24) is 0 Å².